The van der Waals surface area contributed by atoms with E-state index in [9.17, 15) is 0 Å². The van der Waals surface area contributed by atoms with Gasteiger partial charge in [0.05, 0.1) is 0 Å². The van der Waals surface area contributed by atoms with Crippen molar-refractivity contribution in [1.82, 2.24) is 10.2 Å². The second-order valence-corrected chi connectivity index (χ2v) is 7.45. The van der Waals surface area contributed by atoms with Crippen LogP contribution in [0.3, 0.4) is 0 Å². The Morgan fingerprint density at radius 2 is 1.67 bits per heavy atom. The zero-order valence-electron chi connectivity index (χ0n) is 15.0. The molecule has 1 aromatic rings. The van der Waals surface area contributed by atoms with E-state index in [0.29, 0.717) is 6.04 Å². The minimum atomic E-state index is 0.223. The Labute approximate surface area is 131 Å². The first-order valence-electron chi connectivity index (χ1n) is 8.24. The highest BCUT2D eigenvalue weighted by atomic mass is 15.1. The van der Waals surface area contributed by atoms with Crippen molar-refractivity contribution in [2.75, 3.05) is 27.2 Å². The lowest BCUT2D eigenvalue weighted by Gasteiger charge is -2.27. The fourth-order valence-corrected chi connectivity index (χ4v) is 2.63. The Morgan fingerprint density at radius 3 is 2.10 bits per heavy atom. The van der Waals surface area contributed by atoms with Crippen LogP contribution < -0.4 is 5.32 Å². The van der Waals surface area contributed by atoms with Crippen molar-refractivity contribution >= 4 is 0 Å². The van der Waals surface area contributed by atoms with E-state index in [-0.39, 0.29) is 5.41 Å². The molecule has 2 heteroatoms. The molecule has 0 bridgehead atoms. The fourth-order valence-electron chi connectivity index (χ4n) is 2.63. The van der Waals surface area contributed by atoms with Gasteiger partial charge in [0.25, 0.3) is 0 Å². The van der Waals surface area contributed by atoms with E-state index >= 15 is 0 Å². The van der Waals surface area contributed by atoms with Gasteiger partial charge in [0.1, 0.15) is 0 Å². The molecule has 0 saturated carbocycles. The van der Waals surface area contributed by atoms with E-state index in [1.165, 1.54) is 17.5 Å². The molecule has 21 heavy (non-hydrogen) atoms. The first kappa shape index (κ1) is 18.2. The molecule has 2 atom stereocenters. The number of hydrogen-bond acceptors (Lipinski definition) is 2. The molecule has 0 radical (unpaired) electrons. The van der Waals surface area contributed by atoms with Gasteiger partial charge in [-0.15, -0.1) is 0 Å². The molecule has 1 N–H and O–H groups in total. The number of nitrogens with zero attached hydrogens (tertiary/aromatic N) is 1. The van der Waals surface area contributed by atoms with E-state index < -0.39 is 0 Å². The molecule has 0 aromatic heterocycles. The normalized spacial score (nSPS) is 15.2. The van der Waals surface area contributed by atoms with Crippen LogP contribution in [0.1, 0.15) is 58.2 Å². The van der Waals surface area contributed by atoms with Crippen LogP contribution in [0.2, 0.25) is 0 Å². The molecule has 120 valence electrons. The second-order valence-electron chi connectivity index (χ2n) is 7.45. The predicted octanol–water partition coefficient (Wildman–Crippen LogP) is 4.22. The van der Waals surface area contributed by atoms with Crippen molar-refractivity contribution in [3.05, 3.63) is 35.4 Å². The zero-order chi connectivity index (χ0) is 16.0. The Balaban J connectivity index is 2.72. The van der Waals surface area contributed by atoms with Crippen LogP contribution in [0.4, 0.5) is 0 Å². The van der Waals surface area contributed by atoms with Crippen LogP contribution in [0.5, 0.6) is 0 Å². The van der Waals surface area contributed by atoms with E-state index in [1.54, 1.807) is 0 Å². The topological polar surface area (TPSA) is 15.3 Å². The van der Waals surface area contributed by atoms with E-state index in [0.717, 1.165) is 19.0 Å². The monoisotopic (exact) mass is 290 g/mol. The highest BCUT2D eigenvalue weighted by Crippen LogP contribution is 2.24. The van der Waals surface area contributed by atoms with Crippen LogP contribution in [0, 0.1) is 5.92 Å². The van der Waals surface area contributed by atoms with Crippen LogP contribution in [-0.2, 0) is 5.41 Å². The third-order valence-electron chi connectivity index (χ3n) is 4.34. The molecule has 0 aliphatic rings. The highest BCUT2D eigenvalue weighted by molar-refractivity contribution is 5.29. The smallest absolute Gasteiger partial charge is 0.0446 e. The largest absolute Gasteiger partial charge is 0.312 e. The Morgan fingerprint density at radius 1 is 1.10 bits per heavy atom. The third-order valence-corrected chi connectivity index (χ3v) is 4.34. The van der Waals surface area contributed by atoms with Crippen molar-refractivity contribution in [1.29, 1.82) is 0 Å². The quantitative estimate of drug-likeness (QED) is 0.808. The number of hydrogen-bond donors (Lipinski definition) is 1. The standard InChI is InChI=1S/C19H34N2/c1-8-15(2)13-21(7)14-18(20-6)16-9-11-17(12-10-16)19(3,4)5/h9-12,15,18,20H,8,13-14H2,1-7H3. The van der Waals surface area contributed by atoms with E-state index in [2.05, 4.69) is 83.2 Å². The summed E-state index contributed by atoms with van der Waals surface area (Å²) in [5.41, 5.74) is 3.00. The third kappa shape index (κ3) is 5.80. The van der Waals surface area contributed by atoms with Crippen LogP contribution in [-0.4, -0.2) is 32.1 Å². The van der Waals surface area contributed by atoms with Gasteiger partial charge in [0.15, 0.2) is 0 Å². The molecule has 0 aliphatic heterocycles. The van der Waals surface area contributed by atoms with Gasteiger partial charge in [-0.05, 0) is 36.6 Å². The van der Waals surface area contributed by atoms with Gasteiger partial charge in [0.2, 0.25) is 0 Å². The lowest BCUT2D eigenvalue weighted by atomic mass is 9.86. The van der Waals surface area contributed by atoms with Crippen molar-refractivity contribution in [3.63, 3.8) is 0 Å². The molecule has 1 rings (SSSR count). The summed E-state index contributed by atoms with van der Waals surface area (Å²) in [5, 5.41) is 3.46. The van der Waals surface area contributed by atoms with Gasteiger partial charge in [-0.1, -0.05) is 65.3 Å². The SMILES string of the molecule is CCC(C)CN(C)CC(NC)c1ccc(C(C)(C)C)cc1. The maximum absolute atomic E-state index is 3.46. The summed E-state index contributed by atoms with van der Waals surface area (Å²) in [4.78, 5) is 2.44. The number of benzene rings is 1. The maximum Gasteiger partial charge on any atom is 0.0446 e. The van der Waals surface area contributed by atoms with Crippen molar-refractivity contribution < 1.29 is 0 Å². The Bertz CT molecular complexity index is 403. The maximum atomic E-state index is 3.46. The van der Waals surface area contributed by atoms with Gasteiger partial charge in [-0.2, -0.15) is 0 Å². The first-order chi connectivity index (χ1) is 9.77. The first-order valence-corrected chi connectivity index (χ1v) is 8.24. The summed E-state index contributed by atoms with van der Waals surface area (Å²) in [5.74, 6) is 0.760. The predicted molar refractivity (Wildman–Crippen MR) is 93.9 cm³/mol. The summed E-state index contributed by atoms with van der Waals surface area (Å²) in [6.45, 7) is 13.6. The summed E-state index contributed by atoms with van der Waals surface area (Å²) < 4.78 is 0. The lowest BCUT2D eigenvalue weighted by Crippen LogP contribution is -2.33. The molecular formula is C19H34N2. The Kier molecular flexibility index (Phi) is 6.89. The number of likely N-dealkylation sites (N-methyl/N-ethyl adjacent to an activating group) is 2. The lowest BCUT2D eigenvalue weighted by molar-refractivity contribution is 0.256. The molecular weight excluding hydrogens is 256 g/mol. The van der Waals surface area contributed by atoms with Crippen molar-refractivity contribution in [2.24, 2.45) is 5.92 Å². The summed E-state index contributed by atoms with van der Waals surface area (Å²) in [7, 11) is 4.28. The summed E-state index contributed by atoms with van der Waals surface area (Å²) in [6.07, 6.45) is 1.24. The average Bonchev–Trinajstić information content (AvgIpc) is 2.43. The second kappa shape index (κ2) is 7.95. The van der Waals surface area contributed by atoms with Gasteiger partial charge in [0, 0.05) is 19.1 Å². The minimum Gasteiger partial charge on any atom is -0.312 e. The molecule has 1 aromatic carbocycles. The molecule has 0 spiro atoms. The van der Waals surface area contributed by atoms with Gasteiger partial charge in [-0.25, -0.2) is 0 Å². The molecule has 2 unspecified atom stereocenters. The van der Waals surface area contributed by atoms with Crippen molar-refractivity contribution in [3.8, 4) is 0 Å². The average molecular weight is 290 g/mol. The van der Waals surface area contributed by atoms with Gasteiger partial charge >= 0.3 is 0 Å². The fraction of sp³-hybridized carbons (Fsp3) is 0.684. The zero-order valence-corrected chi connectivity index (χ0v) is 15.0. The Hall–Kier alpha value is -0.860. The molecule has 0 amide bonds. The minimum absolute atomic E-state index is 0.223. The molecule has 0 fully saturated rings. The van der Waals surface area contributed by atoms with Gasteiger partial charge in [-0.3, -0.25) is 0 Å². The molecule has 0 heterocycles. The number of nitrogens with one attached hydrogen (secondary N) is 1. The number of rotatable bonds is 7. The van der Waals surface area contributed by atoms with Gasteiger partial charge < -0.3 is 10.2 Å². The summed E-state index contributed by atoms with van der Waals surface area (Å²) in [6, 6.07) is 9.49. The summed E-state index contributed by atoms with van der Waals surface area (Å²) >= 11 is 0. The molecule has 2 nitrogen and oxygen atoms in total. The van der Waals surface area contributed by atoms with Crippen LogP contribution in [0.15, 0.2) is 24.3 Å². The van der Waals surface area contributed by atoms with Crippen LogP contribution >= 0.6 is 0 Å². The molecule has 0 aliphatic carbocycles. The molecule has 0 saturated heterocycles. The van der Waals surface area contributed by atoms with Crippen molar-refractivity contribution in [2.45, 2.75) is 52.5 Å². The van der Waals surface area contributed by atoms with E-state index in [1.807, 2.05) is 0 Å². The highest BCUT2D eigenvalue weighted by Gasteiger charge is 2.16. The van der Waals surface area contributed by atoms with Crippen LogP contribution in [0.25, 0.3) is 0 Å². The van der Waals surface area contributed by atoms with E-state index in [4.69, 9.17) is 0 Å².